The maximum atomic E-state index is 13.9. The van der Waals surface area contributed by atoms with Gasteiger partial charge in [-0.15, -0.1) is 5.10 Å². The average molecular weight is 542 g/mol. The van der Waals surface area contributed by atoms with Gasteiger partial charge in [-0.2, -0.15) is 0 Å². The van der Waals surface area contributed by atoms with Gasteiger partial charge in [0.1, 0.15) is 6.04 Å². The van der Waals surface area contributed by atoms with Crippen LogP contribution < -0.4 is 5.56 Å². The van der Waals surface area contributed by atoms with E-state index in [1.807, 2.05) is 79.9 Å². The summed E-state index contributed by atoms with van der Waals surface area (Å²) in [5.74, 6) is 0.600. The fourth-order valence-corrected chi connectivity index (χ4v) is 5.46. The molecule has 0 spiro atoms. The molecule has 0 bridgehead atoms. The molecule has 0 fully saturated rings. The zero-order valence-electron chi connectivity index (χ0n) is 23.1. The zero-order valence-corrected chi connectivity index (χ0v) is 23.1. The van der Waals surface area contributed by atoms with Crippen molar-refractivity contribution in [2.24, 2.45) is 0 Å². The number of rotatable bonds is 9. The summed E-state index contributed by atoms with van der Waals surface area (Å²) in [6, 6.07) is 30.0. The van der Waals surface area contributed by atoms with E-state index in [1.165, 1.54) is 0 Å². The molecular formula is C33H31N7O. The number of benzene rings is 3. The molecule has 0 saturated heterocycles. The van der Waals surface area contributed by atoms with E-state index in [4.69, 9.17) is 0 Å². The fraction of sp³-hybridized carbons (Fsp3) is 0.182. The number of H-pyrrole nitrogens is 1. The van der Waals surface area contributed by atoms with Crippen LogP contribution in [0.3, 0.4) is 0 Å². The summed E-state index contributed by atoms with van der Waals surface area (Å²) in [6.45, 7) is 5.68. The zero-order chi connectivity index (χ0) is 28.2. The SMILES string of the molecule is Cc1cc(C)c2[nH]c(=O)c([C@H](c3nnnn3Cc3ccccc3)N(Cc3ccccc3)Cc3cccnc3)cc2c1. The summed E-state index contributed by atoms with van der Waals surface area (Å²) in [5.41, 5.74) is 6.65. The van der Waals surface area contributed by atoms with E-state index in [0.29, 0.717) is 31.0 Å². The van der Waals surface area contributed by atoms with Crippen molar-refractivity contribution in [1.82, 2.24) is 35.1 Å². The Morgan fingerprint density at radius 1 is 0.854 bits per heavy atom. The number of aromatic amines is 1. The van der Waals surface area contributed by atoms with Crippen molar-refractivity contribution >= 4 is 10.9 Å². The molecule has 41 heavy (non-hydrogen) atoms. The second kappa shape index (κ2) is 11.7. The van der Waals surface area contributed by atoms with E-state index in [1.54, 1.807) is 10.9 Å². The van der Waals surface area contributed by atoms with E-state index in [2.05, 4.69) is 61.6 Å². The lowest BCUT2D eigenvalue weighted by atomic mass is 9.99. The molecule has 3 aromatic heterocycles. The van der Waals surface area contributed by atoms with E-state index in [9.17, 15) is 4.79 Å². The van der Waals surface area contributed by atoms with Crippen LogP contribution in [-0.2, 0) is 19.6 Å². The quantitative estimate of drug-likeness (QED) is 0.265. The molecule has 0 saturated carbocycles. The van der Waals surface area contributed by atoms with Gasteiger partial charge in [0.05, 0.1) is 12.1 Å². The summed E-state index contributed by atoms with van der Waals surface area (Å²) < 4.78 is 1.80. The number of aryl methyl sites for hydroxylation is 2. The molecule has 1 atom stereocenters. The monoisotopic (exact) mass is 541 g/mol. The highest BCUT2D eigenvalue weighted by Crippen LogP contribution is 2.31. The highest BCUT2D eigenvalue weighted by molar-refractivity contribution is 5.83. The van der Waals surface area contributed by atoms with Crippen molar-refractivity contribution in [2.75, 3.05) is 0 Å². The molecule has 0 unspecified atom stereocenters. The average Bonchev–Trinajstić information content (AvgIpc) is 3.43. The summed E-state index contributed by atoms with van der Waals surface area (Å²) in [4.78, 5) is 23.7. The van der Waals surface area contributed by atoms with Gasteiger partial charge in [0.2, 0.25) is 0 Å². The van der Waals surface area contributed by atoms with Gasteiger partial charge in [0.25, 0.3) is 5.56 Å². The van der Waals surface area contributed by atoms with Crippen molar-refractivity contribution in [3.8, 4) is 0 Å². The molecule has 204 valence electrons. The molecule has 0 amide bonds. The van der Waals surface area contributed by atoms with Crippen LogP contribution in [0.4, 0.5) is 0 Å². The second-order valence-electron chi connectivity index (χ2n) is 10.4. The molecule has 6 aromatic rings. The lowest BCUT2D eigenvalue weighted by Gasteiger charge is -2.31. The van der Waals surface area contributed by atoms with Crippen LogP contribution in [0, 0.1) is 13.8 Å². The first kappa shape index (κ1) is 26.3. The molecule has 8 nitrogen and oxygen atoms in total. The number of hydrogen-bond donors (Lipinski definition) is 1. The molecular weight excluding hydrogens is 510 g/mol. The third-order valence-corrected chi connectivity index (χ3v) is 7.30. The van der Waals surface area contributed by atoms with Crippen LogP contribution in [0.15, 0.2) is 108 Å². The predicted molar refractivity (Wildman–Crippen MR) is 159 cm³/mol. The molecule has 0 aliphatic heterocycles. The third-order valence-electron chi connectivity index (χ3n) is 7.30. The first-order valence-electron chi connectivity index (χ1n) is 13.7. The van der Waals surface area contributed by atoms with Crippen molar-refractivity contribution in [3.05, 3.63) is 153 Å². The fourth-order valence-electron chi connectivity index (χ4n) is 5.46. The topological polar surface area (TPSA) is 92.6 Å². The molecule has 3 heterocycles. The highest BCUT2D eigenvalue weighted by Gasteiger charge is 2.31. The first-order valence-corrected chi connectivity index (χ1v) is 13.7. The van der Waals surface area contributed by atoms with Crippen molar-refractivity contribution in [1.29, 1.82) is 0 Å². The Labute approximate surface area is 238 Å². The van der Waals surface area contributed by atoms with Crippen LogP contribution in [0.2, 0.25) is 0 Å². The Morgan fingerprint density at radius 2 is 1.56 bits per heavy atom. The number of nitrogens with one attached hydrogen (secondary N) is 1. The maximum Gasteiger partial charge on any atom is 0.253 e. The lowest BCUT2D eigenvalue weighted by molar-refractivity contribution is 0.194. The number of nitrogens with zero attached hydrogens (tertiary/aromatic N) is 6. The maximum absolute atomic E-state index is 13.9. The summed E-state index contributed by atoms with van der Waals surface area (Å²) in [7, 11) is 0. The van der Waals surface area contributed by atoms with Gasteiger partial charge in [0.15, 0.2) is 5.82 Å². The van der Waals surface area contributed by atoms with Gasteiger partial charge in [-0.25, -0.2) is 4.68 Å². The van der Waals surface area contributed by atoms with Gasteiger partial charge in [-0.3, -0.25) is 14.7 Å². The molecule has 0 radical (unpaired) electrons. The van der Waals surface area contributed by atoms with E-state index in [-0.39, 0.29) is 5.56 Å². The minimum absolute atomic E-state index is 0.159. The lowest BCUT2D eigenvalue weighted by Crippen LogP contribution is -2.35. The Balaban J connectivity index is 1.54. The van der Waals surface area contributed by atoms with Gasteiger partial charge >= 0.3 is 0 Å². The molecule has 6 rings (SSSR count). The Bertz CT molecular complexity index is 1770. The van der Waals surface area contributed by atoms with Gasteiger partial charge < -0.3 is 4.98 Å². The number of hydrogen-bond acceptors (Lipinski definition) is 6. The molecule has 0 aliphatic carbocycles. The predicted octanol–water partition coefficient (Wildman–Crippen LogP) is 5.37. The standard InChI is InChI=1S/C33H31N7O/c1-23-16-24(2)30-28(17-23)18-29(33(41)35-30)31(32-36-37-38-40(32)22-26-12-7-4-8-13-26)39(20-25-10-5-3-6-11-25)21-27-14-9-15-34-19-27/h3-19,31H,20-22H2,1-2H3,(H,35,41)/t31-/m1/s1. The second-order valence-corrected chi connectivity index (χ2v) is 10.4. The van der Waals surface area contributed by atoms with Crippen LogP contribution in [0.1, 0.15) is 45.2 Å². The summed E-state index contributed by atoms with van der Waals surface area (Å²) in [6.07, 6.45) is 3.63. The van der Waals surface area contributed by atoms with Gasteiger partial charge in [-0.05, 0) is 70.1 Å². The van der Waals surface area contributed by atoms with Crippen LogP contribution in [0.5, 0.6) is 0 Å². The first-order chi connectivity index (χ1) is 20.0. The number of fused-ring (bicyclic) bond motifs is 1. The van der Waals surface area contributed by atoms with Crippen molar-refractivity contribution in [3.63, 3.8) is 0 Å². The normalized spacial score (nSPS) is 12.2. The Kier molecular flexibility index (Phi) is 7.47. The summed E-state index contributed by atoms with van der Waals surface area (Å²) in [5, 5.41) is 14.0. The molecule has 3 aromatic carbocycles. The van der Waals surface area contributed by atoms with Crippen molar-refractivity contribution < 1.29 is 0 Å². The van der Waals surface area contributed by atoms with Gasteiger partial charge in [-0.1, -0.05) is 78.4 Å². The van der Waals surface area contributed by atoms with E-state index < -0.39 is 6.04 Å². The smallest absolute Gasteiger partial charge is 0.253 e. The van der Waals surface area contributed by atoms with Crippen LogP contribution in [0.25, 0.3) is 10.9 Å². The minimum Gasteiger partial charge on any atom is -0.321 e. The number of pyridine rings is 2. The largest absolute Gasteiger partial charge is 0.321 e. The molecule has 8 heteroatoms. The van der Waals surface area contributed by atoms with Crippen LogP contribution >= 0.6 is 0 Å². The van der Waals surface area contributed by atoms with Gasteiger partial charge in [0, 0.05) is 31.0 Å². The third kappa shape index (κ3) is 5.83. The Hall–Kier alpha value is -4.95. The minimum atomic E-state index is -0.539. The summed E-state index contributed by atoms with van der Waals surface area (Å²) >= 11 is 0. The molecule has 1 N–H and O–H groups in total. The number of tetrazole rings is 1. The van der Waals surface area contributed by atoms with E-state index >= 15 is 0 Å². The highest BCUT2D eigenvalue weighted by atomic mass is 16.1. The Morgan fingerprint density at radius 3 is 2.29 bits per heavy atom. The van der Waals surface area contributed by atoms with Crippen molar-refractivity contribution in [2.45, 2.75) is 39.5 Å². The number of aromatic nitrogens is 6. The van der Waals surface area contributed by atoms with Crippen LogP contribution in [-0.4, -0.2) is 35.1 Å². The molecule has 0 aliphatic rings. The van der Waals surface area contributed by atoms with E-state index in [0.717, 1.165) is 38.7 Å².